The van der Waals surface area contributed by atoms with Gasteiger partial charge in [0.1, 0.15) is 11.4 Å². The van der Waals surface area contributed by atoms with E-state index < -0.39 is 11.7 Å². The minimum Gasteiger partial charge on any atom is -0.444 e. The lowest BCUT2D eigenvalue weighted by atomic mass is 10.2. The van der Waals surface area contributed by atoms with E-state index in [2.05, 4.69) is 20.6 Å². The molecular weight excluding hydrogens is 390 g/mol. The number of aromatic nitrogens is 4. The molecule has 8 nitrogen and oxygen atoms in total. The number of rotatable bonds is 4. The Morgan fingerprint density at radius 1 is 1.07 bits per heavy atom. The van der Waals surface area contributed by atoms with Crippen LogP contribution in [0.4, 0.5) is 10.5 Å². The standard InChI is InChI=1S/C20H19N5O3S/c1-20(2,3)28-19(26)21-14-4-6-15(7-5-14)27-17-9-8-16-22-23-18(25(16)24-17)13-10-11-29-12-13/h4-12H,1-3H3,(H,21,26). The van der Waals surface area contributed by atoms with Crippen molar-refractivity contribution in [2.45, 2.75) is 26.4 Å². The van der Waals surface area contributed by atoms with Crippen LogP contribution in [0.5, 0.6) is 11.6 Å². The fourth-order valence-corrected chi connectivity index (χ4v) is 3.18. The lowest BCUT2D eigenvalue weighted by molar-refractivity contribution is 0.0636. The zero-order valence-electron chi connectivity index (χ0n) is 16.1. The van der Waals surface area contributed by atoms with Crippen molar-refractivity contribution < 1.29 is 14.3 Å². The lowest BCUT2D eigenvalue weighted by Gasteiger charge is -2.19. The van der Waals surface area contributed by atoms with Crippen LogP contribution in [0.2, 0.25) is 0 Å². The number of carbonyl (C=O) groups is 1. The van der Waals surface area contributed by atoms with Crippen LogP contribution in [0.15, 0.2) is 53.2 Å². The highest BCUT2D eigenvalue weighted by Gasteiger charge is 2.16. The number of anilines is 1. The van der Waals surface area contributed by atoms with Gasteiger partial charge in [0.2, 0.25) is 5.88 Å². The van der Waals surface area contributed by atoms with Gasteiger partial charge >= 0.3 is 6.09 Å². The van der Waals surface area contributed by atoms with Crippen molar-refractivity contribution in [2.24, 2.45) is 0 Å². The van der Waals surface area contributed by atoms with Gasteiger partial charge in [0, 0.05) is 22.7 Å². The summed E-state index contributed by atoms with van der Waals surface area (Å²) in [6.07, 6.45) is -0.508. The van der Waals surface area contributed by atoms with Crippen LogP contribution in [-0.2, 0) is 4.74 Å². The Labute approximate surface area is 171 Å². The first kappa shape index (κ1) is 18.9. The van der Waals surface area contributed by atoms with Gasteiger partial charge in [0.25, 0.3) is 0 Å². The van der Waals surface area contributed by atoms with Crippen molar-refractivity contribution in [3.63, 3.8) is 0 Å². The summed E-state index contributed by atoms with van der Waals surface area (Å²) in [5.41, 5.74) is 1.63. The van der Waals surface area contributed by atoms with Crippen molar-refractivity contribution >= 4 is 28.8 Å². The van der Waals surface area contributed by atoms with Gasteiger partial charge < -0.3 is 9.47 Å². The van der Waals surface area contributed by atoms with Gasteiger partial charge in [-0.05, 0) is 62.5 Å². The van der Waals surface area contributed by atoms with Crippen LogP contribution < -0.4 is 10.1 Å². The molecule has 3 heterocycles. The average Bonchev–Trinajstić information content (AvgIpc) is 3.30. The normalized spacial score (nSPS) is 11.4. The summed E-state index contributed by atoms with van der Waals surface area (Å²) in [4.78, 5) is 11.8. The van der Waals surface area contributed by atoms with E-state index in [9.17, 15) is 4.79 Å². The summed E-state index contributed by atoms with van der Waals surface area (Å²) in [5, 5.41) is 19.5. The van der Waals surface area contributed by atoms with Gasteiger partial charge in [-0.15, -0.1) is 15.3 Å². The Balaban J connectivity index is 1.48. The van der Waals surface area contributed by atoms with Crippen LogP contribution in [-0.4, -0.2) is 31.5 Å². The minimum absolute atomic E-state index is 0.404. The zero-order chi connectivity index (χ0) is 20.4. The molecule has 0 aliphatic rings. The number of hydrogen-bond donors (Lipinski definition) is 1. The number of carbonyl (C=O) groups excluding carboxylic acids is 1. The summed E-state index contributed by atoms with van der Waals surface area (Å²) < 4.78 is 12.7. The van der Waals surface area contributed by atoms with Gasteiger partial charge in [0.05, 0.1) is 0 Å². The third-order valence-electron chi connectivity index (χ3n) is 3.74. The maximum atomic E-state index is 11.8. The van der Waals surface area contributed by atoms with E-state index in [1.807, 2.05) is 37.6 Å². The Morgan fingerprint density at radius 2 is 1.86 bits per heavy atom. The second-order valence-electron chi connectivity index (χ2n) is 7.23. The third-order valence-corrected chi connectivity index (χ3v) is 4.42. The molecule has 0 saturated carbocycles. The van der Waals surface area contributed by atoms with Crippen LogP contribution in [0, 0.1) is 0 Å². The average molecular weight is 409 g/mol. The highest BCUT2D eigenvalue weighted by atomic mass is 32.1. The summed E-state index contributed by atoms with van der Waals surface area (Å²) in [7, 11) is 0. The number of amides is 1. The Bertz CT molecular complexity index is 1130. The van der Waals surface area contributed by atoms with Crippen LogP contribution >= 0.6 is 11.3 Å². The Kier molecular flexibility index (Phi) is 4.89. The van der Waals surface area contributed by atoms with Crippen molar-refractivity contribution in [3.8, 4) is 23.0 Å². The number of benzene rings is 1. The van der Waals surface area contributed by atoms with Gasteiger partial charge in [-0.25, -0.2) is 4.79 Å². The van der Waals surface area contributed by atoms with Crippen LogP contribution in [0.1, 0.15) is 20.8 Å². The molecule has 1 aromatic carbocycles. The molecule has 9 heteroatoms. The van der Waals surface area contributed by atoms with E-state index in [0.29, 0.717) is 28.8 Å². The highest BCUT2D eigenvalue weighted by Crippen LogP contribution is 2.24. The molecule has 0 fully saturated rings. The van der Waals surface area contributed by atoms with E-state index in [4.69, 9.17) is 9.47 Å². The van der Waals surface area contributed by atoms with Crippen molar-refractivity contribution in [1.82, 2.24) is 19.8 Å². The Morgan fingerprint density at radius 3 is 2.55 bits per heavy atom. The smallest absolute Gasteiger partial charge is 0.412 e. The molecule has 0 atom stereocenters. The first-order chi connectivity index (χ1) is 13.9. The summed E-state index contributed by atoms with van der Waals surface area (Å²) >= 11 is 1.58. The van der Waals surface area contributed by atoms with E-state index >= 15 is 0 Å². The fourth-order valence-electron chi connectivity index (χ4n) is 2.55. The van der Waals surface area contributed by atoms with E-state index in [0.717, 1.165) is 5.56 Å². The maximum Gasteiger partial charge on any atom is 0.412 e. The van der Waals surface area contributed by atoms with Gasteiger partial charge in [-0.2, -0.15) is 15.9 Å². The maximum absolute atomic E-state index is 11.8. The fraction of sp³-hybridized carbons (Fsp3) is 0.200. The summed E-state index contributed by atoms with van der Waals surface area (Å²) in [5.74, 6) is 1.64. The van der Waals surface area contributed by atoms with Gasteiger partial charge in [0.15, 0.2) is 11.5 Å². The molecule has 148 valence electrons. The lowest BCUT2D eigenvalue weighted by Crippen LogP contribution is -2.27. The molecular formula is C20H19N5O3S. The van der Waals surface area contributed by atoms with Crippen molar-refractivity contribution in [1.29, 1.82) is 0 Å². The predicted molar refractivity (Wildman–Crippen MR) is 110 cm³/mol. The second-order valence-corrected chi connectivity index (χ2v) is 8.01. The third kappa shape index (κ3) is 4.52. The van der Waals surface area contributed by atoms with Crippen LogP contribution in [0.25, 0.3) is 17.0 Å². The molecule has 3 aromatic heterocycles. The molecule has 0 saturated heterocycles. The topological polar surface area (TPSA) is 90.6 Å². The van der Waals surface area contributed by atoms with Gasteiger partial charge in [-0.3, -0.25) is 5.32 Å². The molecule has 0 bridgehead atoms. The first-order valence-electron chi connectivity index (χ1n) is 8.90. The number of ether oxygens (including phenoxy) is 2. The monoisotopic (exact) mass is 409 g/mol. The molecule has 0 unspecified atom stereocenters. The number of thiophene rings is 1. The molecule has 0 spiro atoms. The molecule has 4 aromatic rings. The molecule has 0 aliphatic heterocycles. The first-order valence-corrected chi connectivity index (χ1v) is 9.85. The van der Waals surface area contributed by atoms with Crippen LogP contribution in [0.3, 0.4) is 0 Å². The molecule has 0 aliphatic carbocycles. The second kappa shape index (κ2) is 7.51. The zero-order valence-corrected chi connectivity index (χ0v) is 16.9. The quantitative estimate of drug-likeness (QED) is 0.510. The summed E-state index contributed by atoms with van der Waals surface area (Å²) in [6.45, 7) is 5.44. The molecule has 0 radical (unpaired) electrons. The largest absolute Gasteiger partial charge is 0.444 e. The van der Waals surface area contributed by atoms with Gasteiger partial charge in [-0.1, -0.05) is 0 Å². The van der Waals surface area contributed by atoms with E-state index in [1.54, 1.807) is 52.3 Å². The van der Waals surface area contributed by atoms with E-state index in [-0.39, 0.29) is 0 Å². The molecule has 29 heavy (non-hydrogen) atoms. The summed E-state index contributed by atoms with van der Waals surface area (Å²) in [6, 6.07) is 12.4. The molecule has 1 N–H and O–H groups in total. The number of nitrogens with zero attached hydrogens (tertiary/aromatic N) is 4. The number of hydrogen-bond acceptors (Lipinski definition) is 7. The highest BCUT2D eigenvalue weighted by molar-refractivity contribution is 7.08. The molecule has 1 amide bonds. The van der Waals surface area contributed by atoms with E-state index in [1.165, 1.54) is 0 Å². The van der Waals surface area contributed by atoms with Crippen molar-refractivity contribution in [3.05, 3.63) is 53.2 Å². The number of fused-ring (bicyclic) bond motifs is 1. The predicted octanol–water partition coefficient (Wildman–Crippen LogP) is 4.99. The Hall–Kier alpha value is -3.46. The minimum atomic E-state index is -0.554. The number of nitrogens with one attached hydrogen (secondary N) is 1. The molecule has 4 rings (SSSR count). The van der Waals surface area contributed by atoms with Crippen molar-refractivity contribution in [2.75, 3.05) is 5.32 Å². The SMILES string of the molecule is CC(C)(C)OC(=O)Nc1ccc(Oc2ccc3nnc(-c4ccsc4)n3n2)cc1.